The van der Waals surface area contributed by atoms with Gasteiger partial charge < -0.3 is 35.2 Å². The number of amides is 2. The fourth-order valence-corrected chi connectivity index (χ4v) is 10.7. The number of hydrogen-bond acceptors (Lipinski definition) is 14. The molecule has 2 aliphatic heterocycles. The summed E-state index contributed by atoms with van der Waals surface area (Å²) in [5, 5.41) is 28.8. The topological polar surface area (TPSA) is 265 Å². The largest absolute Gasteiger partial charge is 0.397 e. The molecule has 8 atom stereocenters. The quantitative estimate of drug-likeness (QED) is 0.113. The average Bonchev–Trinajstić information content (AvgIpc) is 3.23. The molecule has 2 amide bonds. The van der Waals surface area contributed by atoms with Crippen molar-refractivity contribution in [2.45, 2.75) is 93.7 Å². The predicted octanol–water partition coefficient (Wildman–Crippen LogP) is 3.42. The maximum atomic E-state index is 14.1. The molecular weight excluding hydrogens is 835 g/mol. The van der Waals surface area contributed by atoms with Gasteiger partial charge >= 0.3 is 26.8 Å². The molecule has 3 aromatic carbocycles. The number of unbranched alkanes of at least 4 members (excludes halogenated alkanes) is 1. The molecule has 0 bridgehead atoms. The monoisotopic (exact) mass is 885 g/mol. The molecule has 0 aromatic heterocycles. The Labute approximate surface area is 344 Å². The van der Waals surface area contributed by atoms with Crippen LogP contribution in [0.5, 0.6) is 0 Å². The number of sulfone groups is 1. The Bertz CT molecular complexity index is 2260. The Balaban J connectivity index is 1.47. The zero-order chi connectivity index (χ0) is 43.3. The van der Waals surface area contributed by atoms with E-state index in [0.29, 0.717) is 41.6 Å². The van der Waals surface area contributed by atoms with Crippen molar-refractivity contribution in [3.8, 4) is 0 Å². The van der Waals surface area contributed by atoms with Gasteiger partial charge in [-0.05, 0) is 59.9 Å². The van der Waals surface area contributed by atoms with E-state index >= 15 is 0 Å². The van der Waals surface area contributed by atoms with E-state index in [1.165, 1.54) is 6.07 Å². The number of aliphatic hydroxyl groups excluding tert-OH is 2. The number of rotatable bonds is 16. The van der Waals surface area contributed by atoms with Crippen molar-refractivity contribution in [1.29, 1.82) is 0 Å². The van der Waals surface area contributed by atoms with Crippen LogP contribution in [0.1, 0.15) is 62.1 Å². The highest BCUT2D eigenvalue weighted by Crippen LogP contribution is 2.49. The Kier molecular flexibility index (Phi) is 14.8. The van der Waals surface area contributed by atoms with E-state index in [0.717, 1.165) is 6.42 Å². The number of nitrogens with zero attached hydrogens (tertiary/aromatic N) is 1. The van der Waals surface area contributed by atoms with E-state index in [-0.39, 0.29) is 22.9 Å². The summed E-state index contributed by atoms with van der Waals surface area (Å²) < 4.78 is 114. The summed E-state index contributed by atoms with van der Waals surface area (Å²) in [5.74, 6) is -1.10. The number of carbonyl (C=O) groups excluding carboxylic acids is 1. The number of anilines is 2. The molecule has 21 heteroatoms. The number of fused-ring (bicyclic) bond motifs is 1. The first-order valence-corrected chi connectivity index (χ1v) is 23.2. The number of ether oxygens (including phenoxy) is 2. The van der Waals surface area contributed by atoms with Crippen LogP contribution >= 0.6 is 0 Å². The van der Waals surface area contributed by atoms with Gasteiger partial charge in [-0.1, -0.05) is 69.2 Å². The molecule has 326 valence electrons. The molecular formula is C38H51N3O15S3. The molecule has 2 aliphatic rings. The molecule has 0 unspecified atom stereocenters. The Hall–Kier alpha value is -3.74. The minimum Gasteiger partial charge on any atom is -0.392 e. The lowest BCUT2D eigenvalue weighted by Crippen LogP contribution is -2.65. The highest BCUT2D eigenvalue weighted by Gasteiger charge is 2.51. The fraction of sp³-hybridized carbons (Fsp3) is 0.500. The van der Waals surface area contributed by atoms with Crippen molar-refractivity contribution in [2.24, 2.45) is 5.41 Å². The molecule has 2 heterocycles. The van der Waals surface area contributed by atoms with E-state index < -0.39 is 91.4 Å². The van der Waals surface area contributed by atoms with Gasteiger partial charge in [0.15, 0.2) is 16.1 Å². The van der Waals surface area contributed by atoms with Gasteiger partial charge in [0.25, 0.3) is 0 Å². The summed E-state index contributed by atoms with van der Waals surface area (Å²) in [6.07, 6.45) is -8.01. The molecule has 0 spiro atoms. The van der Waals surface area contributed by atoms with Crippen LogP contribution in [0.25, 0.3) is 0 Å². The number of nitrogens with one attached hydrogen (secondary N) is 2. The normalized spacial score (nSPS) is 26.9. The number of aliphatic hydroxyl groups is 2. The van der Waals surface area contributed by atoms with Gasteiger partial charge in [0.05, 0.1) is 30.0 Å². The summed E-state index contributed by atoms with van der Waals surface area (Å²) in [4.78, 5) is 15.5. The minimum atomic E-state index is -5.29. The van der Waals surface area contributed by atoms with E-state index in [4.69, 9.17) is 13.7 Å². The lowest BCUT2D eigenvalue weighted by Gasteiger charge is -2.43. The van der Waals surface area contributed by atoms with Crippen molar-refractivity contribution < 1.29 is 67.2 Å². The van der Waals surface area contributed by atoms with Crippen LogP contribution in [0.4, 0.5) is 16.2 Å². The molecule has 0 saturated carbocycles. The third kappa shape index (κ3) is 11.6. The van der Waals surface area contributed by atoms with Crippen molar-refractivity contribution in [1.82, 2.24) is 5.32 Å². The summed E-state index contributed by atoms with van der Waals surface area (Å²) in [5.41, 5.74) is 1.35. The zero-order valence-electron chi connectivity index (χ0n) is 32.9. The van der Waals surface area contributed by atoms with E-state index in [1.54, 1.807) is 66.7 Å². The molecule has 18 nitrogen and oxygen atoms in total. The van der Waals surface area contributed by atoms with Crippen LogP contribution in [0, 0.1) is 5.41 Å². The van der Waals surface area contributed by atoms with Crippen LogP contribution in [0.3, 0.4) is 0 Å². The lowest BCUT2D eigenvalue weighted by molar-refractivity contribution is -0.240. The summed E-state index contributed by atoms with van der Waals surface area (Å²) in [7, 11) is -10.7. The van der Waals surface area contributed by atoms with Crippen molar-refractivity contribution in [3.05, 3.63) is 89.5 Å². The molecule has 5 rings (SSSR count). The van der Waals surface area contributed by atoms with Crippen LogP contribution in [0.15, 0.2) is 77.7 Å². The highest BCUT2D eigenvalue weighted by molar-refractivity contribution is 7.91. The van der Waals surface area contributed by atoms with Crippen molar-refractivity contribution >= 4 is 48.0 Å². The summed E-state index contributed by atoms with van der Waals surface area (Å²) in [6.45, 7) is 2.50. The first-order valence-electron chi connectivity index (χ1n) is 18.8. The number of carbonyl (C=O) groups is 1. The van der Waals surface area contributed by atoms with E-state index in [1.807, 2.05) is 32.8 Å². The van der Waals surface area contributed by atoms with Gasteiger partial charge in [-0.2, -0.15) is 16.8 Å². The third-order valence-corrected chi connectivity index (χ3v) is 13.6. The average molecular weight is 886 g/mol. The van der Waals surface area contributed by atoms with Gasteiger partial charge in [-0.15, -0.1) is 0 Å². The van der Waals surface area contributed by atoms with Gasteiger partial charge in [0, 0.05) is 36.8 Å². The molecule has 59 heavy (non-hydrogen) atoms. The van der Waals surface area contributed by atoms with Crippen LogP contribution in [-0.4, -0.2) is 114 Å². The molecule has 0 radical (unpaired) electrons. The second-order valence-corrected chi connectivity index (χ2v) is 19.0. The van der Waals surface area contributed by atoms with Crippen LogP contribution < -0.4 is 15.5 Å². The van der Waals surface area contributed by atoms with Crippen LogP contribution in [-0.2, 0) is 55.1 Å². The van der Waals surface area contributed by atoms with Gasteiger partial charge in [-0.3, -0.25) is 9.11 Å². The second-order valence-electron chi connectivity index (χ2n) is 14.9. The third-order valence-electron chi connectivity index (χ3n) is 10.7. The first kappa shape index (κ1) is 46.3. The smallest absolute Gasteiger partial charge is 0.392 e. The minimum absolute atomic E-state index is 0.103. The lowest BCUT2D eigenvalue weighted by atomic mass is 9.69. The van der Waals surface area contributed by atoms with E-state index in [2.05, 4.69) is 14.8 Å². The second kappa shape index (κ2) is 18.9. The molecule has 0 aliphatic carbocycles. The number of urea groups is 1. The number of benzene rings is 3. The van der Waals surface area contributed by atoms with Gasteiger partial charge in [0.2, 0.25) is 0 Å². The standard InChI is InChI=1S/C38H51N3O15S3/c1-5-7-18-38(6-2)23-57(45,46)30-17-16-27(41(3)4)20-28(30)31(35(38)43)25-14-11-15-26(19-25)39-37(44)40-36-32(42)34(53-21-24-12-9-8-10-13-24)33(56-59(50,51)52)29(55-36)22-54-58(47,48)49/h8-17,19-20,29,31-36,42-43H,5-7,18,21-23H2,1-4H3,(H2,39,40,44)(H,47,48,49)(H,50,51,52)/t29-,31-,32-,33-,34-,35-,36-,38-/m1/s1. The molecule has 6 N–H and O–H groups in total. The van der Waals surface area contributed by atoms with Crippen molar-refractivity contribution in [2.75, 3.05) is 36.7 Å². The van der Waals surface area contributed by atoms with Gasteiger partial charge in [-0.25, -0.2) is 21.6 Å². The Morgan fingerprint density at radius 1 is 0.949 bits per heavy atom. The summed E-state index contributed by atoms with van der Waals surface area (Å²) >= 11 is 0. The molecule has 1 fully saturated rings. The maximum Gasteiger partial charge on any atom is 0.397 e. The summed E-state index contributed by atoms with van der Waals surface area (Å²) in [6, 6.07) is 18.9. The SMILES string of the molecule is CCCC[C@]1(CC)CS(=O)(=O)c2ccc(N(C)C)cc2[C@@H](c2cccc(NC(=O)N[C@@H]3O[C@H](COS(=O)(=O)O)[C@@H](OS(=O)(=O)O)[C@H](OCc4ccccc4)[C@H]3O)c2)[C@H]1O. The van der Waals surface area contributed by atoms with E-state index in [9.17, 15) is 49.4 Å². The van der Waals surface area contributed by atoms with Crippen molar-refractivity contribution in [3.63, 3.8) is 0 Å². The van der Waals surface area contributed by atoms with Crippen LogP contribution in [0.2, 0.25) is 0 Å². The fourth-order valence-electron chi connectivity index (χ4n) is 7.66. The van der Waals surface area contributed by atoms with Gasteiger partial charge in [0.1, 0.15) is 24.4 Å². The first-order chi connectivity index (χ1) is 27.7. The Morgan fingerprint density at radius 3 is 2.29 bits per heavy atom. The Morgan fingerprint density at radius 2 is 1.66 bits per heavy atom. The molecule has 1 saturated heterocycles. The highest BCUT2D eigenvalue weighted by atomic mass is 32.3. The molecule has 3 aromatic rings. The number of hydrogen-bond donors (Lipinski definition) is 6. The zero-order valence-corrected chi connectivity index (χ0v) is 35.3. The maximum absolute atomic E-state index is 14.1. The predicted molar refractivity (Wildman–Crippen MR) is 215 cm³/mol.